The fourth-order valence-electron chi connectivity index (χ4n) is 1.41. The van der Waals surface area contributed by atoms with Crippen molar-refractivity contribution in [3.63, 3.8) is 0 Å². The van der Waals surface area contributed by atoms with E-state index in [-0.39, 0.29) is 0 Å². The molecule has 0 aliphatic heterocycles. The number of rotatable bonds is 6. The van der Waals surface area contributed by atoms with Crippen LogP contribution in [0.3, 0.4) is 0 Å². The van der Waals surface area contributed by atoms with Crippen LogP contribution >= 0.6 is 11.8 Å². The fourth-order valence-corrected chi connectivity index (χ4v) is 1.90. The van der Waals surface area contributed by atoms with Crippen molar-refractivity contribution < 1.29 is 23.5 Å². The average molecular weight is 304 g/mol. The molecule has 0 saturated carbocycles. The van der Waals surface area contributed by atoms with E-state index in [2.05, 4.69) is 5.32 Å². The number of hydrogen-bond donors (Lipinski definition) is 3. The normalized spacial score (nSPS) is 12.0. The van der Waals surface area contributed by atoms with Crippen molar-refractivity contribution >= 4 is 29.3 Å². The summed E-state index contributed by atoms with van der Waals surface area (Å²) in [6.45, 7) is 0. The first-order valence-electron chi connectivity index (χ1n) is 5.64. The molecule has 5 nitrogen and oxygen atoms in total. The summed E-state index contributed by atoms with van der Waals surface area (Å²) in [7, 11) is 0. The van der Waals surface area contributed by atoms with Crippen LogP contribution in [0.25, 0.3) is 0 Å². The predicted octanol–water partition coefficient (Wildman–Crippen LogP) is 1.68. The molecule has 0 saturated heterocycles. The fraction of sp³-hybridized carbons (Fsp3) is 0.333. The number of carboxylic acid groups (broad SMARTS) is 1. The number of halogens is 2. The lowest BCUT2D eigenvalue weighted by Gasteiger charge is -2.12. The molecule has 4 N–H and O–H groups in total. The quantitative estimate of drug-likeness (QED) is 0.743. The predicted molar refractivity (Wildman–Crippen MR) is 72.9 cm³/mol. The van der Waals surface area contributed by atoms with Gasteiger partial charge < -0.3 is 16.2 Å². The minimum atomic E-state index is -1.55. The second-order valence-electron chi connectivity index (χ2n) is 3.99. The van der Waals surface area contributed by atoms with Gasteiger partial charge in [-0.2, -0.15) is 11.8 Å². The Balaban J connectivity index is 2.89. The van der Waals surface area contributed by atoms with E-state index in [9.17, 15) is 18.4 Å². The number of carbonyl (C=O) groups excluding carboxylic acids is 1. The highest BCUT2D eigenvalue weighted by atomic mass is 32.2. The maximum absolute atomic E-state index is 13.5. The van der Waals surface area contributed by atoms with Gasteiger partial charge in [0.25, 0.3) is 0 Å². The van der Waals surface area contributed by atoms with E-state index in [1.54, 1.807) is 0 Å². The van der Waals surface area contributed by atoms with E-state index in [4.69, 9.17) is 10.8 Å². The number of nitrogens with one attached hydrogen (secondary N) is 1. The highest BCUT2D eigenvalue weighted by molar-refractivity contribution is 7.98. The van der Waals surface area contributed by atoms with Gasteiger partial charge in [-0.15, -0.1) is 0 Å². The lowest BCUT2D eigenvalue weighted by molar-refractivity contribution is -0.117. The number of hydrogen-bond acceptors (Lipinski definition) is 4. The molecule has 0 aromatic heterocycles. The Morgan fingerprint density at radius 2 is 2.05 bits per heavy atom. The van der Waals surface area contributed by atoms with Gasteiger partial charge >= 0.3 is 5.97 Å². The van der Waals surface area contributed by atoms with Crippen LogP contribution in [0.15, 0.2) is 12.1 Å². The molecule has 1 rings (SSSR count). The first-order chi connectivity index (χ1) is 9.36. The lowest BCUT2D eigenvalue weighted by Crippen LogP contribution is -2.36. The van der Waals surface area contributed by atoms with Crippen molar-refractivity contribution in [2.45, 2.75) is 12.5 Å². The first-order valence-corrected chi connectivity index (χ1v) is 7.04. The highest BCUT2D eigenvalue weighted by Crippen LogP contribution is 2.20. The molecule has 1 aromatic rings. The number of benzene rings is 1. The van der Waals surface area contributed by atoms with Crippen LogP contribution in [-0.4, -0.2) is 35.0 Å². The van der Waals surface area contributed by atoms with Gasteiger partial charge in [0.1, 0.15) is 11.6 Å². The molecule has 0 fully saturated rings. The van der Waals surface area contributed by atoms with E-state index in [0.717, 1.165) is 6.07 Å². The number of nitrogens with two attached hydrogens (primary N) is 1. The Morgan fingerprint density at radius 1 is 1.40 bits per heavy atom. The Morgan fingerprint density at radius 3 is 2.60 bits per heavy atom. The third kappa shape index (κ3) is 4.17. The van der Waals surface area contributed by atoms with E-state index in [0.29, 0.717) is 18.2 Å². The summed E-state index contributed by atoms with van der Waals surface area (Å²) in [4.78, 5) is 22.4. The van der Waals surface area contributed by atoms with Crippen LogP contribution in [-0.2, 0) is 4.79 Å². The monoisotopic (exact) mass is 304 g/mol. The molecule has 20 heavy (non-hydrogen) atoms. The summed E-state index contributed by atoms with van der Waals surface area (Å²) >= 11 is 1.50. The third-order valence-electron chi connectivity index (χ3n) is 2.51. The molecule has 0 aliphatic carbocycles. The summed E-state index contributed by atoms with van der Waals surface area (Å²) in [6, 6.07) is 0.291. The number of aromatic carboxylic acids is 1. The second kappa shape index (κ2) is 7.20. The molecule has 0 unspecified atom stereocenters. The molecular formula is C12H14F2N2O3S. The van der Waals surface area contributed by atoms with Crippen LogP contribution in [0, 0.1) is 11.6 Å². The zero-order chi connectivity index (χ0) is 15.3. The smallest absolute Gasteiger partial charge is 0.338 e. The van der Waals surface area contributed by atoms with Crippen molar-refractivity contribution in [2.75, 3.05) is 17.3 Å². The zero-order valence-corrected chi connectivity index (χ0v) is 11.5. The molecule has 1 amide bonds. The van der Waals surface area contributed by atoms with Crippen molar-refractivity contribution in [1.29, 1.82) is 0 Å². The van der Waals surface area contributed by atoms with Crippen LogP contribution in [0.1, 0.15) is 16.8 Å². The Labute approximate surface area is 118 Å². The SMILES string of the molecule is CSCC[C@H](N)C(=O)Nc1cc(C(=O)O)c(F)cc1F. The van der Waals surface area contributed by atoms with Crippen LogP contribution in [0.5, 0.6) is 0 Å². The molecule has 0 aliphatic rings. The van der Waals surface area contributed by atoms with Crippen molar-refractivity contribution in [3.05, 3.63) is 29.3 Å². The average Bonchev–Trinajstić information content (AvgIpc) is 2.38. The van der Waals surface area contributed by atoms with Crippen LogP contribution in [0.2, 0.25) is 0 Å². The van der Waals surface area contributed by atoms with E-state index in [1.807, 2.05) is 6.26 Å². The first kappa shape index (κ1) is 16.4. The van der Waals surface area contributed by atoms with E-state index in [1.165, 1.54) is 11.8 Å². The maximum Gasteiger partial charge on any atom is 0.338 e. The summed E-state index contributed by atoms with van der Waals surface area (Å²) in [5.41, 5.74) is 4.46. The Hall–Kier alpha value is -1.67. The highest BCUT2D eigenvalue weighted by Gasteiger charge is 2.19. The molecule has 1 aromatic carbocycles. The number of thioether (sulfide) groups is 1. The van der Waals surface area contributed by atoms with Gasteiger partial charge in [0.2, 0.25) is 5.91 Å². The van der Waals surface area contributed by atoms with Crippen LogP contribution < -0.4 is 11.1 Å². The third-order valence-corrected chi connectivity index (χ3v) is 3.16. The number of amides is 1. The zero-order valence-electron chi connectivity index (χ0n) is 10.7. The minimum absolute atomic E-state index is 0.390. The lowest BCUT2D eigenvalue weighted by atomic mass is 10.1. The van der Waals surface area contributed by atoms with Crippen molar-refractivity contribution in [1.82, 2.24) is 0 Å². The number of anilines is 1. The number of carbonyl (C=O) groups is 2. The van der Waals surface area contributed by atoms with Crippen molar-refractivity contribution in [2.24, 2.45) is 5.73 Å². The van der Waals surface area contributed by atoms with Gasteiger partial charge in [0.05, 0.1) is 17.3 Å². The number of carboxylic acids is 1. The van der Waals surface area contributed by atoms with Gasteiger partial charge in [-0.05, 0) is 24.5 Å². The van der Waals surface area contributed by atoms with Gasteiger partial charge in [0.15, 0.2) is 0 Å². The van der Waals surface area contributed by atoms with Gasteiger partial charge in [-0.25, -0.2) is 13.6 Å². The maximum atomic E-state index is 13.5. The van der Waals surface area contributed by atoms with Gasteiger partial charge in [0, 0.05) is 6.07 Å². The standard InChI is InChI=1S/C12H14F2N2O3S/c1-20-3-2-9(15)11(17)16-10-4-6(12(18)19)7(13)5-8(10)14/h4-5,9H,2-3,15H2,1H3,(H,16,17)(H,18,19)/t9-/m0/s1. The Kier molecular flexibility index (Phi) is 5.90. The topological polar surface area (TPSA) is 92.4 Å². The molecule has 110 valence electrons. The van der Waals surface area contributed by atoms with E-state index >= 15 is 0 Å². The summed E-state index contributed by atoms with van der Waals surface area (Å²) in [6.07, 6.45) is 2.24. The molecule has 8 heteroatoms. The van der Waals surface area contributed by atoms with Crippen LogP contribution in [0.4, 0.5) is 14.5 Å². The molecular weight excluding hydrogens is 290 g/mol. The van der Waals surface area contributed by atoms with Crippen molar-refractivity contribution in [3.8, 4) is 0 Å². The minimum Gasteiger partial charge on any atom is -0.478 e. The summed E-state index contributed by atoms with van der Waals surface area (Å²) in [5.74, 6) is -3.82. The van der Waals surface area contributed by atoms with Gasteiger partial charge in [-0.1, -0.05) is 0 Å². The van der Waals surface area contributed by atoms with Gasteiger partial charge in [-0.3, -0.25) is 4.79 Å². The second-order valence-corrected chi connectivity index (χ2v) is 4.98. The molecule has 0 bridgehead atoms. The molecule has 1 atom stereocenters. The Bertz CT molecular complexity index is 526. The molecule has 0 radical (unpaired) electrons. The molecule has 0 heterocycles. The summed E-state index contributed by atoms with van der Waals surface area (Å²) in [5, 5.41) is 10.9. The largest absolute Gasteiger partial charge is 0.478 e. The molecule has 0 spiro atoms. The van der Waals surface area contributed by atoms with E-state index < -0.39 is 40.8 Å². The summed E-state index contributed by atoms with van der Waals surface area (Å²) < 4.78 is 26.7.